The topological polar surface area (TPSA) is 29.1 Å². The molecule has 0 aliphatic rings. The fourth-order valence-corrected chi connectivity index (χ4v) is 2.26. The number of halogens is 3. The van der Waals surface area contributed by atoms with Crippen LogP contribution in [0.15, 0.2) is 53.0 Å². The Hall–Kier alpha value is -1.29. The second-order valence-electron chi connectivity index (χ2n) is 4.00. The van der Waals surface area contributed by atoms with Gasteiger partial charge < -0.3 is 5.32 Å². The largest absolute Gasteiger partial charge is 0.323 e. The molecule has 0 aliphatic heterocycles. The minimum atomic E-state index is -0.224. The monoisotopic (exact) mass is 369 g/mol. The Balaban J connectivity index is 2.03. The lowest BCUT2D eigenvalue weighted by Crippen LogP contribution is -2.07. The summed E-state index contributed by atoms with van der Waals surface area (Å²) < 4.78 is 0.957. The van der Waals surface area contributed by atoms with E-state index in [2.05, 4.69) is 21.2 Å². The van der Waals surface area contributed by atoms with Crippen molar-refractivity contribution < 1.29 is 4.79 Å². The Bertz CT molecular complexity index is 653. The molecule has 0 unspecified atom stereocenters. The van der Waals surface area contributed by atoms with Crippen molar-refractivity contribution in [1.29, 1.82) is 0 Å². The van der Waals surface area contributed by atoms with Gasteiger partial charge in [-0.1, -0.05) is 45.2 Å². The molecule has 0 saturated heterocycles. The highest BCUT2D eigenvalue weighted by Gasteiger charge is 2.00. The maximum absolute atomic E-state index is 11.8. The highest BCUT2D eigenvalue weighted by atomic mass is 79.9. The number of nitrogens with one attached hydrogen (secondary N) is 1. The molecule has 0 heterocycles. The number of hydrogen-bond donors (Lipinski definition) is 1. The van der Waals surface area contributed by atoms with E-state index >= 15 is 0 Å². The molecule has 2 aromatic carbocycles. The van der Waals surface area contributed by atoms with Crippen LogP contribution in [-0.2, 0) is 4.79 Å². The van der Waals surface area contributed by atoms with E-state index in [9.17, 15) is 4.79 Å². The molecule has 1 N–H and O–H groups in total. The first kappa shape index (κ1) is 15.1. The summed E-state index contributed by atoms with van der Waals surface area (Å²) in [4.78, 5) is 11.8. The summed E-state index contributed by atoms with van der Waals surface area (Å²) in [6.07, 6.45) is 3.07. The summed E-state index contributed by atoms with van der Waals surface area (Å²) in [5.74, 6) is -0.224. The summed E-state index contributed by atoms with van der Waals surface area (Å²) in [7, 11) is 0. The predicted octanol–water partition coefficient (Wildman–Crippen LogP) is 5.41. The number of carbonyl (C=O) groups is 1. The van der Waals surface area contributed by atoms with Crippen LogP contribution < -0.4 is 5.32 Å². The average Bonchev–Trinajstić information content (AvgIpc) is 2.40. The van der Waals surface area contributed by atoms with E-state index in [-0.39, 0.29) is 5.91 Å². The summed E-state index contributed by atoms with van der Waals surface area (Å²) in [5, 5.41) is 3.82. The zero-order valence-corrected chi connectivity index (χ0v) is 13.3. The summed E-state index contributed by atoms with van der Waals surface area (Å²) in [6, 6.07) is 12.4. The van der Waals surface area contributed by atoms with Gasteiger partial charge in [-0.25, -0.2) is 0 Å². The SMILES string of the molecule is O=C(C=Cc1ccc(Cl)cc1Cl)Nc1ccc(Br)cc1. The molecule has 2 rings (SSSR count). The number of rotatable bonds is 3. The van der Waals surface area contributed by atoms with Gasteiger partial charge in [-0.05, 0) is 48.0 Å². The Morgan fingerprint density at radius 3 is 2.45 bits per heavy atom. The van der Waals surface area contributed by atoms with Gasteiger partial charge in [0.2, 0.25) is 5.91 Å². The van der Waals surface area contributed by atoms with Gasteiger partial charge in [0.05, 0.1) is 0 Å². The van der Waals surface area contributed by atoms with E-state index < -0.39 is 0 Å². The molecule has 1 amide bonds. The van der Waals surface area contributed by atoms with Gasteiger partial charge >= 0.3 is 0 Å². The van der Waals surface area contributed by atoms with E-state index in [0.717, 1.165) is 15.7 Å². The molecule has 0 aliphatic carbocycles. The lowest BCUT2D eigenvalue weighted by Gasteiger charge is -2.02. The van der Waals surface area contributed by atoms with Gasteiger partial charge in [0, 0.05) is 26.3 Å². The van der Waals surface area contributed by atoms with Gasteiger partial charge in [0.1, 0.15) is 0 Å². The third-order valence-corrected chi connectivity index (χ3v) is 3.58. The zero-order chi connectivity index (χ0) is 14.5. The van der Waals surface area contributed by atoms with Gasteiger partial charge in [0.25, 0.3) is 0 Å². The van der Waals surface area contributed by atoms with E-state index in [4.69, 9.17) is 23.2 Å². The molecule has 20 heavy (non-hydrogen) atoms. The van der Waals surface area contributed by atoms with Crippen LogP contribution in [0.5, 0.6) is 0 Å². The fourth-order valence-electron chi connectivity index (χ4n) is 1.52. The summed E-state index contributed by atoms with van der Waals surface area (Å²) >= 11 is 15.2. The van der Waals surface area contributed by atoms with Crippen LogP contribution in [-0.4, -0.2) is 5.91 Å². The number of hydrogen-bond acceptors (Lipinski definition) is 1. The van der Waals surface area contributed by atoms with Gasteiger partial charge in [0.15, 0.2) is 0 Å². The van der Waals surface area contributed by atoms with Gasteiger partial charge in [-0.15, -0.1) is 0 Å². The first-order chi connectivity index (χ1) is 9.54. The van der Waals surface area contributed by atoms with Gasteiger partial charge in [-0.2, -0.15) is 0 Å². The lowest BCUT2D eigenvalue weighted by molar-refractivity contribution is -0.111. The standard InChI is InChI=1S/C15H10BrCl2NO/c16-11-3-6-13(7-4-11)19-15(20)8-2-10-1-5-12(17)9-14(10)18/h1-9H,(H,19,20). The third-order valence-electron chi connectivity index (χ3n) is 2.49. The van der Waals surface area contributed by atoms with Crippen LogP contribution >= 0.6 is 39.1 Å². The number of benzene rings is 2. The summed E-state index contributed by atoms with van der Waals surface area (Å²) in [5.41, 5.74) is 1.46. The van der Waals surface area contributed by atoms with E-state index in [1.807, 2.05) is 24.3 Å². The molecule has 0 spiro atoms. The molecule has 0 atom stereocenters. The molecule has 0 aromatic heterocycles. The van der Waals surface area contributed by atoms with E-state index in [1.54, 1.807) is 24.3 Å². The Morgan fingerprint density at radius 1 is 1.10 bits per heavy atom. The molecular weight excluding hydrogens is 361 g/mol. The highest BCUT2D eigenvalue weighted by Crippen LogP contribution is 2.22. The number of carbonyl (C=O) groups excluding carboxylic acids is 1. The second kappa shape index (κ2) is 6.93. The minimum absolute atomic E-state index is 0.224. The first-order valence-electron chi connectivity index (χ1n) is 5.74. The normalized spacial score (nSPS) is 10.8. The smallest absolute Gasteiger partial charge is 0.248 e. The van der Waals surface area contributed by atoms with Crippen LogP contribution in [0.25, 0.3) is 6.08 Å². The second-order valence-corrected chi connectivity index (χ2v) is 5.75. The van der Waals surface area contributed by atoms with Crippen molar-refractivity contribution in [2.24, 2.45) is 0 Å². The number of anilines is 1. The molecule has 0 bridgehead atoms. The van der Waals surface area contributed by atoms with Crippen LogP contribution in [0.2, 0.25) is 10.0 Å². The molecule has 0 radical (unpaired) electrons. The molecule has 102 valence electrons. The molecule has 0 fully saturated rings. The van der Waals surface area contributed by atoms with Crippen LogP contribution in [0.1, 0.15) is 5.56 Å². The van der Waals surface area contributed by atoms with Crippen molar-refractivity contribution >= 4 is 56.8 Å². The molecular formula is C15H10BrCl2NO. The molecule has 5 heteroatoms. The van der Waals surface area contributed by atoms with Gasteiger partial charge in [-0.3, -0.25) is 4.79 Å². The highest BCUT2D eigenvalue weighted by molar-refractivity contribution is 9.10. The minimum Gasteiger partial charge on any atom is -0.323 e. The van der Waals surface area contributed by atoms with E-state index in [0.29, 0.717) is 10.0 Å². The fraction of sp³-hybridized carbons (Fsp3) is 0. The predicted molar refractivity (Wildman–Crippen MR) is 88.3 cm³/mol. The zero-order valence-electron chi connectivity index (χ0n) is 10.2. The Labute approximate surface area is 135 Å². The van der Waals surface area contributed by atoms with E-state index in [1.165, 1.54) is 6.08 Å². The Morgan fingerprint density at radius 2 is 1.80 bits per heavy atom. The molecule has 0 saturated carbocycles. The van der Waals surface area contributed by atoms with Crippen molar-refractivity contribution in [2.75, 3.05) is 5.32 Å². The maximum atomic E-state index is 11.8. The quantitative estimate of drug-likeness (QED) is 0.719. The van der Waals surface area contributed by atoms with Crippen LogP contribution in [0, 0.1) is 0 Å². The summed E-state index contributed by atoms with van der Waals surface area (Å²) in [6.45, 7) is 0. The molecule has 2 aromatic rings. The van der Waals surface area contributed by atoms with Crippen molar-refractivity contribution in [3.63, 3.8) is 0 Å². The average molecular weight is 371 g/mol. The van der Waals surface area contributed by atoms with Crippen molar-refractivity contribution in [2.45, 2.75) is 0 Å². The molecule has 2 nitrogen and oxygen atoms in total. The van der Waals surface area contributed by atoms with Crippen molar-refractivity contribution in [3.05, 3.63) is 68.6 Å². The Kier molecular flexibility index (Phi) is 5.24. The maximum Gasteiger partial charge on any atom is 0.248 e. The van der Waals surface area contributed by atoms with Crippen LogP contribution in [0.3, 0.4) is 0 Å². The first-order valence-corrected chi connectivity index (χ1v) is 7.29. The van der Waals surface area contributed by atoms with Crippen LogP contribution in [0.4, 0.5) is 5.69 Å². The third kappa shape index (κ3) is 4.37. The van der Waals surface area contributed by atoms with Crippen molar-refractivity contribution in [1.82, 2.24) is 0 Å². The van der Waals surface area contributed by atoms with Crippen molar-refractivity contribution in [3.8, 4) is 0 Å². The number of amides is 1. The lowest BCUT2D eigenvalue weighted by atomic mass is 10.2.